The SMILES string of the molecule is COC(=O)CNC(=O)c1cnc2ccccc2c1Cl. The number of carbonyl (C=O) groups is 2. The minimum atomic E-state index is -0.529. The van der Waals surface area contributed by atoms with Gasteiger partial charge in [0.25, 0.3) is 5.91 Å². The summed E-state index contributed by atoms with van der Waals surface area (Å²) < 4.78 is 4.43. The molecule has 1 aromatic heterocycles. The number of nitrogens with one attached hydrogen (secondary N) is 1. The van der Waals surface area contributed by atoms with Gasteiger partial charge in [0, 0.05) is 11.6 Å². The van der Waals surface area contributed by atoms with Crippen LogP contribution < -0.4 is 5.32 Å². The average Bonchev–Trinajstić information content (AvgIpc) is 2.45. The predicted octanol–water partition coefficient (Wildman–Crippen LogP) is 1.79. The van der Waals surface area contributed by atoms with Crippen molar-refractivity contribution in [1.29, 1.82) is 0 Å². The van der Waals surface area contributed by atoms with E-state index < -0.39 is 11.9 Å². The van der Waals surface area contributed by atoms with Crippen LogP contribution in [0.25, 0.3) is 10.9 Å². The fourth-order valence-corrected chi connectivity index (χ4v) is 1.88. The van der Waals surface area contributed by atoms with Gasteiger partial charge in [0.15, 0.2) is 0 Å². The van der Waals surface area contributed by atoms with E-state index in [1.165, 1.54) is 13.3 Å². The van der Waals surface area contributed by atoms with Gasteiger partial charge in [-0.3, -0.25) is 14.6 Å². The number of hydrogen-bond acceptors (Lipinski definition) is 4. The maximum absolute atomic E-state index is 11.9. The Labute approximate surface area is 114 Å². The summed E-state index contributed by atoms with van der Waals surface area (Å²) in [5, 5.41) is 3.42. The van der Waals surface area contributed by atoms with Gasteiger partial charge in [-0.15, -0.1) is 0 Å². The number of aromatic nitrogens is 1. The molecule has 2 aromatic rings. The molecule has 1 amide bonds. The van der Waals surface area contributed by atoms with Gasteiger partial charge in [0.05, 0.1) is 23.2 Å². The lowest BCUT2D eigenvalue weighted by Crippen LogP contribution is -2.30. The molecule has 0 fully saturated rings. The summed E-state index contributed by atoms with van der Waals surface area (Å²) in [6.45, 7) is -0.210. The van der Waals surface area contributed by atoms with E-state index in [0.29, 0.717) is 15.9 Å². The molecule has 5 nitrogen and oxygen atoms in total. The van der Waals surface area contributed by atoms with Gasteiger partial charge in [0.2, 0.25) is 0 Å². The van der Waals surface area contributed by atoms with E-state index in [-0.39, 0.29) is 12.1 Å². The van der Waals surface area contributed by atoms with Crippen LogP contribution >= 0.6 is 11.6 Å². The summed E-state index contributed by atoms with van der Waals surface area (Å²) in [4.78, 5) is 27.0. The van der Waals surface area contributed by atoms with E-state index in [4.69, 9.17) is 11.6 Å². The highest BCUT2D eigenvalue weighted by Crippen LogP contribution is 2.25. The fourth-order valence-electron chi connectivity index (χ4n) is 1.59. The monoisotopic (exact) mass is 278 g/mol. The fraction of sp³-hybridized carbons (Fsp3) is 0.154. The van der Waals surface area contributed by atoms with Crippen LogP contribution in [0, 0.1) is 0 Å². The lowest BCUT2D eigenvalue weighted by atomic mass is 10.1. The van der Waals surface area contributed by atoms with Gasteiger partial charge in [-0.25, -0.2) is 0 Å². The van der Waals surface area contributed by atoms with E-state index >= 15 is 0 Å². The maximum atomic E-state index is 11.9. The van der Waals surface area contributed by atoms with Crippen molar-refractivity contribution >= 4 is 34.4 Å². The second-order valence-electron chi connectivity index (χ2n) is 3.76. The number of pyridine rings is 1. The van der Waals surface area contributed by atoms with E-state index in [0.717, 1.165) is 0 Å². The number of methoxy groups -OCH3 is 1. The highest BCUT2D eigenvalue weighted by molar-refractivity contribution is 6.38. The van der Waals surface area contributed by atoms with Crippen molar-refractivity contribution < 1.29 is 14.3 Å². The van der Waals surface area contributed by atoms with Crippen molar-refractivity contribution in [3.05, 3.63) is 41.0 Å². The zero-order valence-corrected chi connectivity index (χ0v) is 10.9. The normalized spacial score (nSPS) is 10.2. The second-order valence-corrected chi connectivity index (χ2v) is 4.14. The standard InChI is InChI=1S/C13H11ClN2O3/c1-19-11(17)7-16-13(18)9-6-15-10-5-3-2-4-8(10)12(9)14/h2-6H,7H2,1H3,(H,16,18). The molecular formula is C13H11ClN2O3. The summed E-state index contributed by atoms with van der Waals surface area (Å²) in [7, 11) is 1.25. The first-order chi connectivity index (χ1) is 9.13. The lowest BCUT2D eigenvalue weighted by molar-refractivity contribution is -0.139. The first-order valence-electron chi connectivity index (χ1n) is 5.51. The molecule has 98 valence electrons. The second kappa shape index (κ2) is 5.67. The van der Waals surface area contributed by atoms with E-state index in [1.54, 1.807) is 12.1 Å². The highest BCUT2D eigenvalue weighted by Gasteiger charge is 2.14. The minimum absolute atomic E-state index is 0.210. The van der Waals surface area contributed by atoms with Crippen molar-refractivity contribution in [3.63, 3.8) is 0 Å². The smallest absolute Gasteiger partial charge is 0.325 e. The Hall–Kier alpha value is -2.14. The zero-order valence-electron chi connectivity index (χ0n) is 10.1. The zero-order chi connectivity index (χ0) is 13.8. The number of nitrogens with zero attached hydrogens (tertiary/aromatic N) is 1. The van der Waals surface area contributed by atoms with Crippen LogP contribution in [-0.4, -0.2) is 30.5 Å². The molecule has 0 radical (unpaired) electrons. The molecule has 6 heteroatoms. The van der Waals surface area contributed by atoms with Crippen LogP contribution in [0.1, 0.15) is 10.4 Å². The van der Waals surface area contributed by atoms with Crippen LogP contribution in [0.2, 0.25) is 5.02 Å². The summed E-state index contributed by atoms with van der Waals surface area (Å²) >= 11 is 6.17. The third-order valence-corrected chi connectivity index (χ3v) is 2.98. The van der Waals surface area contributed by atoms with Gasteiger partial charge in [-0.05, 0) is 6.07 Å². The van der Waals surface area contributed by atoms with Gasteiger partial charge in [0.1, 0.15) is 6.54 Å². The molecule has 0 saturated heterocycles. The number of benzene rings is 1. The molecule has 0 saturated carbocycles. The van der Waals surface area contributed by atoms with E-state index in [2.05, 4.69) is 15.0 Å². The van der Waals surface area contributed by atoms with E-state index in [9.17, 15) is 9.59 Å². The molecule has 0 aliphatic carbocycles. The van der Waals surface area contributed by atoms with Crippen molar-refractivity contribution in [2.75, 3.05) is 13.7 Å². The largest absolute Gasteiger partial charge is 0.468 e. The minimum Gasteiger partial charge on any atom is -0.468 e. The third-order valence-electron chi connectivity index (χ3n) is 2.58. The third kappa shape index (κ3) is 2.82. The Morgan fingerprint density at radius 1 is 1.37 bits per heavy atom. The molecule has 0 aliphatic heterocycles. The molecule has 0 unspecified atom stereocenters. The van der Waals surface area contributed by atoms with Crippen molar-refractivity contribution in [3.8, 4) is 0 Å². The van der Waals surface area contributed by atoms with Gasteiger partial charge < -0.3 is 10.1 Å². The van der Waals surface area contributed by atoms with Crippen LogP contribution in [0.3, 0.4) is 0 Å². The van der Waals surface area contributed by atoms with Gasteiger partial charge in [-0.1, -0.05) is 29.8 Å². The first-order valence-corrected chi connectivity index (χ1v) is 5.89. The molecule has 0 spiro atoms. The lowest BCUT2D eigenvalue weighted by Gasteiger charge is -2.07. The molecule has 0 bridgehead atoms. The number of rotatable bonds is 3. The molecule has 2 rings (SSSR count). The number of ether oxygens (including phenoxy) is 1. The van der Waals surface area contributed by atoms with E-state index in [1.807, 2.05) is 12.1 Å². The number of amides is 1. The molecular weight excluding hydrogens is 268 g/mol. The maximum Gasteiger partial charge on any atom is 0.325 e. The van der Waals surface area contributed by atoms with Crippen LogP contribution in [-0.2, 0) is 9.53 Å². The number of fused-ring (bicyclic) bond motifs is 1. The first kappa shape index (κ1) is 13.3. The van der Waals surface area contributed by atoms with Gasteiger partial charge >= 0.3 is 5.97 Å². The van der Waals surface area contributed by atoms with Crippen molar-refractivity contribution in [1.82, 2.24) is 10.3 Å². The summed E-state index contributed by atoms with van der Waals surface area (Å²) in [6, 6.07) is 7.23. The predicted molar refractivity (Wildman–Crippen MR) is 71.1 cm³/mol. The molecule has 0 atom stereocenters. The number of esters is 1. The molecule has 1 N–H and O–H groups in total. The van der Waals surface area contributed by atoms with Crippen molar-refractivity contribution in [2.45, 2.75) is 0 Å². The number of carbonyl (C=O) groups excluding carboxylic acids is 2. The Morgan fingerprint density at radius 3 is 2.84 bits per heavy atom. The summed E-state index contributed by atoms with van der Waals surface area (Å²) in [5.74, 6) is -0.994. The number of hydrogen-bond donors (Lipinski definition) is 1. The Balaban J connectivity index is 2.27. The Bertz CT molecular complexity index is 643. The molecule has 1 aromatic carbocycles. The van der Waals surface area contributed by atoms with Crippen LogP contribution in [0.4, 0.5) is 0 Å². The Kier molecular flexibility index (Phi) is 3.97. The van der Waals surface area contributed by atoms with Crippen molar-refractivity contribution in [2.24, 2.45) is 0 Å². The van der Waals surface area contributed by atoms with Gasteiger partial charge in [-0.2, -0.15) is 0 Å². The topological polar surface area (TPSA) is 68.3 Å². The molecule has 0 aliphatic rings. The van der Waals surface area contributed by atoms with Crippen LogP contribution in [0.15, 0.2) is 30.5 Å². The molecule has 19 heavy (non-hydrogen) atoms. The summed E-state index contributed by atoms with van der Waals surface area (Å²) in [5.41, 5.74) is 0.932. The number of para-hydroxylation sites is 1. The molecule has 1 heterocycles. The average molecular weight is 279 g/mol. The number of halogens is 1. The quantitative estimate of drug-likeness (QED) is 0.869. The Morgan fingerprint density at radius 2 is 2.11 bits per heavy atom. The van der Waals surface area contributed by atoms with Crippen LogP contribution in [0.5, 0.6) is 0 Å². The highest BCUT2D eigenvalue weighted by atomic mass is 35.5. The summed E-state index contributed by atoms with van der Waals surface area (Å²) in [6.07, 6.45) is 1.39.